The van der Waals surface area contributed by atoms with Crippen LogP contribution >= 0.6 is 15.9 Å². The van der Waals surface area contributed by atoms with Crippen molar-refractivity contribution in [3.8, 4) is 11.5 Å². The highest BCUT2D eigenvalue weighted by molar-refractivity contribution is 9.10. The van der Waals surface area contributed by atoms with Crippen LogP contribution in [0, 0.1) is 0 Å². The highest BCUT2D eigenvalue weighted by Gasteiger charge is 2.29. The van der Waals surface area contributed by atoms with Crippen molar-refractivity contribution < 1.29 is 14.2 Å². The lowest BCUT2D eigenvalue weighted by atomic mass is 10.1. The van der Waals surface area contributed by atoms with E-state index in [0.29, 0.717) is 0 Å². The minimum absolute atomic E-state index is 0.173. The number of benzene rings is 1. The molecular weight excluding hydrogens is 248 g/mol. The standard InChI is InChI=1S/C10H11BrO3/c1-12-8-4-7(11)9(13-2)3-6(8)10-5-14-10/h3-4,10H,5H2,1-2H3. The Kier molecular flexibility index (Phi) is 2.65. The number of halogens is 1. The smallest absolute Gasteiger partial charge is 0.133 e. The molecule has 1 aromatic carbocycles. The van der Waals surface area contributed by atoms with Gasteiger partial charge < -0.3 is 14.2 Å². The predicted molar refractivity (Wildman–Crippen MR) is 55.9 cm³/mol. The van der Waals surface area contributed by atoms with Crippen molar-refractivity contribution in [2.75, 3.05) is 20.8 Å². The van der Waals surface area contributed by atoms with E-state index in [4.69, 9.17) is 14.2 Å². The number of epoxide rings is 1. The average Bonchev–Trinajstić information content (AvgIpc) is 3.01. The maximum Gasteiger partial charge on any atom is 0.133 e. The first kappa shape index (κ1) is 9.80. The van der Waals surface area contributed by atoms with Crippen LogP contribution in [-0.2, 0) is 4.74 Å². The van der Waals surface area contributed by atoms with Crippen molar-refractivity contribution in [3.63, 3.8) is 0 Å². The van der Waals surface area contributed by atoms with E-state index in [2.05, 4.69) is 15.9 Å². The summed E-state index contributed by atoms with van der Waals surface area (Å²) in [6.45, 7) is 0.765. The fraction of sp³-hybridized carbons (Fsp3) is 0.400. The summed E-state index contributed by atoms with van der Waals surface area (Å²) in [5, 5.41) is 0. The molecule has 1 saturated heterocycles. The van der Waals surface area contributed by atoms with Crippen LogP contribution in [0.2, 0.25) is 0 Å². The van der Waals surface area contributed by atoms with Crippen molar-refractivity contribution in [2.24, 2.45) is 0 Å². The molecule has 0 aliphatic carbocycles. The Morgan fingerprint density at radius 2 is 1.93 bits per heavy atom. The Bertz CT molecular complexity index is 347. The third-order valence-electron chi connectivity index (χ3n) is 2.18. The predicted octanol–water partition coefficient (Wildman–Crippen LogP) is 2.54. The van der Waals surface area contributed by atoms with Crippen LogP contribution < -0.4 is 9.47 Å². The summed E-state index contributed by atoms with van der Waals surface area (Å²) >= 11 is 3.41. The summed E-state index contributed by atoms with van der Waals surface area (Å²) in [5.41, 5.74) is 1.05. The Morgan fingerprint density at radius 3 is 2.43 bits per heavy atom. The third kappa shape index (κ3) is 1.72. The van der Waals surface area contributed by atoms with Gasteiger partial charge in [-0.2, -0.15) is 0 Å². The molecule has 1 aliphatic heterocycles. The normalized spacial score (nSPS) is 19.2. The highest BCUT2D eigenvalue weighted by atomic mass is 79.9. The summed E-state index contributed by atoms with van der Waals surface area (Å²) in [6.07, 6.45) is 0.173. The molecule has 1 aromatic rings. The van der Waals surface area contributed by atoms with E-state index in [-0.39, 0.29) is 6.10 Å². The number of hydrogen-bond donors (Lipinski definition) is 0. The van der Waals surface area contributed by atoms with Gasteiger partial charge in [0.1, 0.15) is 17.6 Å². The van der Waals surface area contributed by atoms with Crippen molar-refractivity contribution in [2.45, 2.75) is 6.10 Å². The average molecular weight is 259 g/mol. The largest absolute Gasteiger partial charge is 0.496 e. The van der Waals surface area contributed by atoms with Gasteiger partial charge in [0.05, 0.1) is 25.3 Å². The van der Waals surface area contributed by atoms with Gasteiger partial charge in [0.25, 0.3) is 0 Å². The molecule has 0 radical (unpaired) electrons. The van der Waals surface area contributed by atoms with E-state index in [1.165, 1.54) is 0 Å². The van der Waals surface area contributed by atoms with Crippen LogP contribution in [0.25, 0.3) is 0 Å². The molecule has 14 heavy (non-hydrogen) atoms. The molecule has 76 valence electrons. The van der Waals surface area contributed by atoms with E-state index in [0.717, 1.165) is 28.1 Å². The molecule has 0 amide bonds. The Labute approximate surface area is 91.1 Å². The van der Waals surface area contributed by atoms with E-state index in [9.17, 15) is 0 Å². The first-order valence-electron chi connectivity index (χ1n) is 4.29. The van der Waals surface area contributed by atoms with Crippen molar-refractivity contribution in [1.82, 2.24) is 0 Å². The molecule has 0 spiro atoms. The third-order valence-corrected chi connectivity index (χ3v) is 2.80. The molecule has 1 unspecified atom stereocenters. The second kappa shape index (κ2) is 3.79. The first-order chi connectivity index (χ1) is 6.76. The minimum atomic E-state index is 0.173. The Hall–Kier alpha value is -0.740. The maximum atomic E-state index is 5.26. The molecular formula is C10H11BrO3. The molecule has 0 aromatic heterocycles. The lowest BCUT2D eigenvalue weighted by Gasteiger charge is -2.10. The van der Waals surface area contributed by atoms with Gasteiger partial charge in [0, 0.05) is 5.56 Å². The Balaban J connectivity index is 2.44. The van der Waals surface area contributed by atoms with Crippen LogP contribution in [-0.4, -0.2) is 20.8 Å². The summed E-state index contributed by atoms with van der Waals surface area (Å²) in [5.74, 6) is 1.64. The van der Waals surface area contributed by atoms with Crippen molar-refractivity contribution >= 4 is 15.9 Å². The van der Waals surface area contributed by atoms with Gasteiger partial charge in [-0.15, -0.1) is 0 Å². The number of rotatable bonds is 3. The van der Waals surface area contributed by atoms with Gasteiger partial charge in [-0.3, -0.25) is 0 Å². The quantitative estimate of drug-likeness (QED) is 0.781. The molecule has 2 rings (SSSR count). The summed E-state index contributed by atoms with van der Waals surface area (Å²) in [7, 11) is 3.30. The summed E-state index contributed by atoms with van der Waals surface area (Å²) in [6, 6.07) is 3.84. The van der Waals surface area contributed by atoms with E-state index in [1.807, 2.05) is 12.1 Å². The molecule has 0 saturated carbocycles. The minimum Gasteiger partial charge on any atom is -0.496 e. The zero-order valence-electron chi connectivity index (χ0n) is 8.04. The van der Waals surface area contributed by atoms with Crippen LogP contribution in [0.4, 0.5) is 0 Å². The number of ether oxygens (including phenoxy) is 3. The lowest BCUT2D eigenvalue weighted by Crippen LogP contribution is -1.93. The van der Waals surface area contributed by atoms with Gasteiger partial charge >= 0.3 is 0 Å². The van der Waals surface area contributed by atoms with Crippen molar-refractivity contribution in [3.05, 3.63) is 22.2 Å². The van der Waals surface area contributed by atoms with E-state index in [1.54, 1.807) is 14.2 Å². The first-order valence-corrected chi connectivity index (χ1v) is 5.08. The van der Waals surface area contributed by atoms with E-state index < -0.39 is 0 Å². The zero-order valence-corrected chi connectivity index (χ0v) is 9.63. The maximum absolute atomic E-state index is 5.26. The van der Waals surface area contributed by atoms with Gasteiger partial charge in [0.15, 0.2) is 0 Å². The van der Waals surface area contributed by atoms with E-state index >= 15 is 0 Å². The van der Waals surface area contributed by atoms with Gasteiger partial charge in [0.2, 0.25) is 0 Å². The molecule has 4 heteroatoms. The molecule has 0 bridgehead atoms. The summed E-state index contributed by atoms with van der Waals surface area (Å²) < 4.78 is 16.6. The van der Waals surface area contributed by atoms with Crippen LogP contribution in [0.3, 0.4) is 0 Å². The fourth-order valence-corrected chi connectivity index (χ4v) is 1.85. The van der Waals surface area contributed by atoms with Crippen LogP contribution in [0.1, 0.15) is 11.7 Å². The zero-order chi connectivity index (χ0) is 10.1. The number of hydrogen-bond acceptors (Lipinski definition) is 3. The second-order valence-corrected chi connectivity index (χ2v) is 3.91. The number of methoxy groups -OCH3 is 2. The second-order valence-electron chi connectivity index (χ2n) is 3.05. The summed E-state index contributed by atoms with van der Waals surface area (Å²) in [4.78, 5) is 0. The topological polar surface area (TPSA) is 31.0 Å². The SMILES string of the molecule is COc1cc(C2CO2)c(OC)cc1Br. The Morgan fingerprint density at radius 1 is 1.29 bits per heavy atom. The van der Waals surface area contributed by atoms with Gasteiger partial charge in [-0.25, -0.2) is 0 Å². The molecule has 3 nitrogen and oxygen atoms in total. The molecule has 0 N–H and O–H groups in total. The lowest BCUT2D eigenvalue weighted by molar-refractivity contribution is 0.376. The van der Waals surface area contributed by atoms with Gasteiger partial charge in [-0.05, 0) is 28.1 Å². The van der Waals surface area contributed by atoms with Crippen molar-refractivity contribution in [1.29, 1.82) is 0 Å². The molecule has 1 heterocycles. The monoisotopic (exact) mass is 258 g/mol. The molecule has 1 aliphatic rings. The molecule has 1 atom stereocenters. The van der Waals surface area contributed by atoms with Gasteiger partial charge in [-0.1, -0.05) is 0 Å². The highest BCUT2D eigenvalue weighted by Crippen LogP contribution is 2.41. The van der Waals surface area contributed by atoms with Crippen LogP contribution in [0.15, 0.2) is 16.6 Å². The van der Waals surface area contributed by atoms with Crippen LogP contribution in [0.5, 0.6) is 11.5 Å². The fourth-order valence-electron chi connectivity index (χ4n) is 1.36. The molecule has 1 fully saturated rings.